The Labute approximate surface area is 124 Å². The predicted molar refractivity (Wildman–Crippen MR) is 79.5 cm³/mol. The van der Waals surface area contributed by atoms with Gasteiger partial charge in [0.25, 0.3) is 0 Å². The third-order valence-corrected chi connectivity index (χ3v) is 3.21. The molecule has 0 aliphatic rings. The Morgan fingerprint density at radius 2 is 2.10 bits per heavy atom. The van der Waals surface area contributed by atoms with Gasteiger partial charge in [0.05, 0.1) is 11.1 Å². The van der Waals surface area contributed by atoms with Crippen LogP contribution in [0.3, 0.4) is 0 Å². The molecule has 21 heavy (non-hydrogen) atoms. The fourth-order valence-corrected chi connectivity index (χ4v) is 1.96. The molecule has 1 aromatic heterocycles. The molecule has 1 aromatic carbocycles. The Bertz CT molecular complexity index is 838. The fraction of sp³-hybridized carbons (Fsp3) is 0.133. The van der Waals surface area contributed by atoms with Crippen LogP contribution in [0.2, 0.25) is 0 Å². The van der Waals surface area contributed by atoms with Gasteiger partial charge in [-0.05, 0) is 18.2 Å². The maximum atomic E-state index is 11.9. The summed E-state index contributed by atoms with van der Waals surface area (Å²) in [5.74, 6) is 4.33. The first-order valence-electron chi connectivity index (χ1n) is 5.91. The van der Waals surface area contributed by atoms with E-state index >= 15 is 0 Å². The second kappa shape index (κ2) is 6.29. The molecule has 0 bridgehead atoms. The number of hydrogen-bond donors (Lipinski definition) is 1. The third-order valence-electron chi connectivity index (χ3n) is 2.52. The molecule has 5 nitrogen and oxygen atoms in total. The molecule has 0 saturated carbocycles. The Morgan fingerprint density at radius 3 is 2.76 bits per heavy atom. The summed E-state index contributed by atoms with van der Waals surface area (Å²) in [4.78, 5) is 33.4. The van der Waals surface area contributed by atoms with E-state index in [9.17, 15) is 14.4 Å². The lowest BCUT2D eigenvalue weighted by Crippen LogP contribution is -2.06. The van der Waals surface area contributed by atoms with Gasteiger partial charge in [0, 0.05) is 18.6 Å². The van der Waals surface area contributed by atoms with Gasteiger partial charge >= 0.3 is 5.97 Å². The van der Waals surface area contributed by atoms with Crippen molar-refractivity contribution in [3.8, 4) is 11.8 Å². The lowest BCUT2D eigenvalue weighted by Gasteiger charge is -1.99. The molecule has 2 aromatic rings. The number of carboxylic acids is 1. The fourth-order valence-electron chi connectivity index (χ4n) is 1.62. The number of benzene rings is 1. The van der Waals surface area contributed by atoms with Crippen molar-refractivity contribution in [2.75, 3.05) is 5.75 Å². The predicted octanol–water partition coefficient (Wildman–Crippen LogP) is 2.12. The number of fused-ring (bicyclic) bond motifs is 1. The normalized spacial score (nSPS) is 9.95. The molecular formula is C15H10O5S. The molecule has 1 heterocycles. The van der Waals surface area contributed by atoms with Crippen molar-refractivity contribution in [1.29, 1.82) is 0 Å². The summed E-state index contributed by atoms with van der Waals surface area (Å²) in [7, 11) is 0. The zero-order valence-corrected chi connectivity index (χ0v) is 11.8. The molecule has 6 heteroatoms. The minimum absolute atomic E-state index is 0.00958. The van der Waals surface area contributed by atoms with Crippen molar-refractivity contribution in [2.24, 2.45) is 0 Å². The van der Waals surface area contributed by atoms with Gasteiger partial charge in [-0.15, -0.1) is 0 Å². The highest BCUT2D eigenvalue weighted by molar-refractivity contribution is 8.13. The first-order chi connectivity index (χ1) is 9.97. The van der Waals surface area contributed by atoms with Crippen LogP contribution in [0, 0.1) is 11.8 Å². The van der Waals surface area contributed by atoms with Gasteiger partial charge in [0.15, 0.2) is 10.5 Å². The summed E-state index contributed by atoms with van der Waals surface area (Å²) >= 11 is 1.10. The number of carbonyl (C=O) groups excluding carboxylic acids is 1. The summed E-state index contributed by atoms with van der Waals surface area (Å²) in [5.41, 5.74) is 0.362. The van der Waals surface area contributed by atoms with E-state index in [-0.39, 0.29) is 16.1 Å². The van der Waals surface area contributed by atoms with Crippen LogP contribution in [-0.4, -0.2) is 21.9 Å². The van der Waals surface area contributed by atoms with Crippen LogP contribution in [0.4, 0.5) is 0 Å². The molecule has 106 valence electrons. The van der Waals surface area contributed by atoms with Crippen molar-refractivity contribution in [3.05, 3.63) is 45.8 Å². The average Bonchev–Trinajstić information content (AvgIpc) is 2.43. The van der Waals surface area contributed by atoms with Crippen molar-refractivity contribution < 1.29 is 19.1 Å². The molecule has 0 radical (unpaired) electrons. The molecule has 0 saturated heterocycles. The van der Waals surface area contributed by atoms with E-state index in [0.29, 0.717) is 11.3 Å². The topological polar surface area (TPSA) is 84.6 Å². The molecule has 0 amide bonds. The van der Waals surface area contributed by atoms with Gasteiger partial charge in [-0.25, -0.2) is 4.79 Å². The molecule has 1 N–H and O–H groups in total. The maximum Gasteiger partial charge on any atom is 0.371 e. The summed E-state index contributed by atoms with van der Waals surface area (Å²) in [5, 5.41) is 9.09. The largest absolute Gasteiger partial charge is 0.475 e. The second-order valence-corrected chi connectivity index (χ2v) is 5.23. The summed E-state index contributed by atoms with van der Waals surface area (Å²) in [6.07, 6.45) is 0. The van der Waals surface area contributed by atoms with Gasteiger partial charge < -0.3 is 9.52 Å². The molecule has 0 aliphatic carbocycles. The SMILES string of the molecule is CC(=O)SCC#Cc1ccc2oc(C(=O)O)cc(=O)c2c1. The van der Waals surface area contributed by atoms with Gasteiger partial charge in [-0.3, -0.25) is 9.59 Å². The minimum Gasteiger partial charge on any atom is -0.475 e. The van der Waals surface area contributed by atoms with Gasteiger partial charge in [-0.2, -0.15) is 0 Å². The number of carbonyl (C=O) groups is 2. The van der Waals surface area contributed by atoms with Crippen LogP contribution in [0.5, 0.6) is 0 Å². The van der Waals surface area contributed by atoms with E-state index < -0.39 is 17.2 Å². The number of aromatic carboxylic acids is 1. The van der Waals surface area contributed by atoms with E-state index in [0.717, 1.165) is 17.8 Å². The number of carboxylic acid groups (broad SMARTS) is 1. The molecule has 0 fully saturated rings. The van der Waals surface area contributed by atoms with Crippen molar-refractivity contribution in [1.82, 2.24) is 0 Å². The van der Waals surface area contributed by atoms with E-state index in [4.69, 9.17) is 9.52 Å². The number of hydrogen-bond acceptors (Lipinski definition) is 5. The standard InChI is InChI=1S/C15H10O5S/c1-9(16)21-6-2-3-10-4-5-13-11(7-10)12(17)8-14(20-13)15(18)19/h4-5,7-8H,6H2,1H3,(H,18,19). The Hall–Kier alpha value is -2.52. The second-order valence-electron chi connectivity index (χ2n) is 4.07. The monoisotopic (exact) mass is 302 g/mol. The Balaban J connectivity index is 2.36. The minimum atomic E-state index is -1.29. The van der Waals surface area contributed by atoms with Crippen LogP contribution < -0.4 is 5.43 Å². The van der Waals surface area contributed by atoms with Crippen LogP contribution in [0.15, 0.2) is 33.5 Å². The highest BCUT2D eigenvalue weighted by Crippen LogP contribution is 2.14. The molecule has 0 atom stereocenters. The third kappa shape index (κ3) is 3.74. The lowest BCUT2D eigenvalue weighted by atomic mass is 10.1. The summed E-state index contributed by atoms with van der Waals surface area (Å²) in [6, 6.07) is 5.61. The van der Waals surface area contributed by atoms with E-state index in [1.165, 1.54) is 19.1 Å². The summed E-state index contributed by atoms with van der Waals surface area (Å²) in [6.45, 7) is 1.47. The molecule has 0 aliphatic heterocycles. The van der Waals surface area contributed by atoms with Crippen LogP contribution in [0.1, 0.15) is 23.0 Å². The summed E-state index contributed by atoms with van der Waals surface area (Å²) < 4.78 is 5.12. The Kier molecular flexibility index (Phi) is 4.45. The Morgan fingerprint density at radius 1 is 1.33 bits per heavy atom. The highest BCUT2D eigenvalue weighted by atomic mass is 32.2. The smallest absolute Gasteiger partial charge is 0.371 e. The van der Waals surface area contributed by atoms with E-state index in [1.807, 2.05) is 0 Å². The first-order valence-corrected chi connectivity index (χ1v) is 6.89. The van der Waals surface area contributed by atoms with E-state index in [2.05, 4.69) is 11.8 Å². The van der Waals surface area contributed by atoms with Crippen molar-refractivity contribution in [2.45, 2.75) is 6.92 Å². The average molecular weight is 302 g/mol. The van der Waals surface area contributed by atoms with Crippen LogP contribution in [-0.2, 0) is 4.79 Å². The quantitative estimate of drug-likeness (QED) is 0.855. The maximum absolute atomic E-state index is 11.9. The zero-order chi connectivity index (χ0) is 15.4. The number of thioether (sulfide) groups is 1. The number of rotatable bonds is 2. The van der Waals surface area contributed by atoms with E-state index in [1.54, 1.807) is 6.07 Å². The highest BCUT2D eigenvalue weighted by Gasteiger charge is 2.10. The molecule has 0 unspecified atom stereocenters. The van der Waals surface area contributed by atoms with Gasteiger partial charge in [0.2, 0.25) is 5.76 Å². The molecule has 0 spiro atoms. The van der Waals surface area contributed by atoms with Gasteiger partial charge in [0.1, 0.15) is 5.58 Å². The van der Waals surface area contributed by atoms with Crippen LogP contribution in [0.25, 0.3) is 11.0 Å². The molecular weight excluding hydrogens is 292 g/mol. The van der Waals surface area contributed by atoms with Gasteiger partial charge in [-0.1, -0.05) is 23.6 Å². The zero-order valence-electron chi connectivity index (χ0n) is 11.0. The molecule has 2 rings (SSSR count). The van der Waals surface area contributed by atoms with Crippen LogP contribution >= 0.6 is 11.8 Å². The van der Waals surface area contributed by atoms with Crippen molar-refractivity contribution >= 4 is 33.8 Å². The van der Waals surface area contributed by atoms with Crippen molar-refractivity contribution in [3.63, 3.8) is 0 Å². The first kappa shape index (κ1) is 14.9. The lowest BCUT2D eigenvalue weighted by molar-refractivity contribution is -0.109.